The highest BCUT2D eigenvalue weighted by Crippen LogP contribution is 2.36. The van der Waals surface area contributed by atoms with Gasteiger partial charge >= 0.3 is 6.09 Å². The van der Waals surface area contributed by atoms with Crippen LogP contribution in [0.1, 0.15) is 25.1 Å². The van der Waals surface area contributed by atoms with Gasteiger partial charge in [-0.15, -0.1) is 0 Å². The number of aromatic nitrogens is 2. The van der Waals surface area contributed by atoms with Gasteiger partial charge in [-0.1, -0.05) is 11.6 Å². The second kappa shape index (κ2) is 7.41. The van der Waals surface area contributed by atoms with Crippen LogP contribution in [0.15, 0.2) is 12.1 Å². The first-order valence-corrected chi connectivity index (χ1v) is 8.82. The van der Waals surface area contributed by atoms with Crippen molar-refractivity contribution in [1.29, 1.82) is 0 Å². The molecule has 7 nitrogen and oxygen atoms in total. The van der Waals surface area contributed by atoms with E-state index in [1.807, 2.05) is 26.9 Å². The number of nitrogens with zero attached hydrogens (tertiary/aromatic N) is 3. The van der Waals surface area contributed by atoms with Gasteiger partial charge in [-0.05, 0) is 31.4 Å². The van der Waals surface area contributed by atoms with Crippen LogP contribution in [0, 0.1) is 0 Å². The lowest BCUT2D eigenvalue weighted by Crippen LogP contribution is -2.26. The Hall–Kier alpha value is -2.48. The molecule has 1 aromatic heterocycles. The molecule has 0 spiro atoms. The van der Waals surface area contributed by atoms with Crippen molar-refractivity contribution in [3.8, 4) is 17.0 Å². The Balaban J connectivity index is 2.06. The van der Waals surface area contributed by atoms with Crippen LogP contribution < -0.4 is 15.9 Å². The summed E-state index contributed by atoms with van der Waals surface area (Å²) in [7, 11) is 1.93. The van der Waals surface area contributed by atoms with Crippen molar-refractivity contribution in [3.63, 3.8) is 0 Å². The number of ether oxygens (including phenoxy) is 2. The summed E-state index contributed by atoms with van der Waals surface area (Å²) in [5.41, 5.74) is 9.68. The zero-order valence-electron chi connectivity index (χ0n) is 15.0. The molecule has 2 aromatic rings. The van der Waals surface area contributed by atoms with Gasteiger partial charge < -0.3 is 15.2 Å². The molecule has 0 aliphatic carbocycles. The van der Waals surface area contributed by atoms with E-state index < -0.39 is 0 Å². The number of benzene rings is 1. The quantitative estimate of drug-likeness (QED) is 0.816. The molecular formula is C17H20BClN4O3. The second-order valence-electron chi connectivity index (χ2n) is 5.94. The van der Waals surface area contributed by atoms with E-state index in [-0.39, 0.29) is 12.0 Å². The van der Waals surface area contributed by atoms with Crippen LogP contribution in [0.2, 0.25) is 5.02 Å². The molecule has 0 saturated heterocycles. The summed E-state index contributed by atoms with van der Waals surface area (Å²) in [6.45, 7) is 5.22. The average Bonchev–Trinajstić information content (AvgIpc) is 3.01. The third kappa shape index (κ3) is 3.42. The van der Waals surface area contributed by atoms with E-state index >= 15 is 0 Å². The molecule has 136 valence electrons. The van der Waals surface area contributed by atoms with Gasteiger partial charge in [-0.2, -0.15) is 0 Å². The van der Waals surface area contributed by atoms with Crippen LogP contribution in [0.5, 0.6) is 5.75 Å². The SMILES string of the molecule is Bc1cc(Cl)c(-c2nc(N)nc3c2CN(C(=O)OCC)C3)cc1OCC. The van der Waals surface area contributed by atoms with Gasteiger partial charge in [-0.25, -0.2) is 14.8 Å². The third-order valence-corrected chi connectivity index (χ3v) is 4.46. The van der Waals surface area contributed by atoms with Gasteiger partial charge in [0.2, 0.25) is 5.95 Å². The predicted molar refractivity (Wildman–Crippen MR) is 103 cm³/mol. The average molecular weight is 375 g/mol. The Bertz CT molecular complexity index is 862. The Morgan fingerprint density at radius 2 is 2.08 bits per heavy atom. The number of carbonyl (C=O) groups excluding carboxylic acids is 1. The maximum absolute atomic E-state index is 12.1. The Morgan fingerprint density at radius 3 is 2.77 bits per heavy atom. The Morgan fingerprint density at radius 1 is 1.31 bits per heavy atom. The molecule has 0 saturated carbocycles. The van der Waals surface area contributed by atoms with Gasteiger partial charge in [0.1, 0.15) is 13.6 Å². The van der Waals surface area contributed by atoms with Crippen LogP contribution >= 0.6 is 11.6 Å². The molecule has 9 heteroatoms. The van der Waals surface area contributed by atoms with E-state index in [0.717, 1.165) is 16.8 Å². The maximum atomic E-state index is 12.1. The van der Waals surface area contributed by atoms with Crippen LogP contribution in [-0.4, -0.2) is 42.0 Å². The van der Waals surface area contributed by atoms with Crippen LogP contribution in [0.4, 0.5) is 10.7 Å². The van der Waals surface area contributed by atoms with E-state index in [9.17, 15) is 4.79 Å². The lowest BCUT2D eigenvalue weighted by molar-refractivity contribution is 0.106. The first-order chi connectivity index (χ1) is 12.4. The highest BCUT2D eigenvalue weighted by atomic mass is 35.5. The first kappa shape index (κ1) is 18.3. The van der Waals surface area contributed by atoms with E-state index in [4.69, 9.17) is 26.8 Å². The molecule has 2 N–H and O–H groups in total. The van der Waals surface area contributed by atoms with Gasteiger partial charge in [0, 0.05) is 16.1 Å². The van der Waals surface area contributed by atoms with Gasteiger partial charge in [0.15, 0.2) is 0 Å². The molecule has 0 radical (unpaired) electrons. The number of amides is 1. The zero-order chi connectivity index (χ0) is 18.8. The number of anilines is 1. The van der Waals surface area contributed by atoms with Crippen molar-refractivity contribution in [2.24, 2.45) is 0 Å². The number of rotatable bonds is 4. The molecule has 1 aromatic carbocycles. The smallest absolute Gasteiger partial charge is 0.410 e. The number of carbonyl (C=O) groups is 1. The van der Waals surface area contributed by atoms with Crippen LogP contribution in [0.25, 0.3) is 11.3 Å². The fourth-order valence-corrected chi connectivity index (χ4v) is 3.29. The number of hydrogen-bond acceptors (Lipinski definition) is 6. The molecule has 0 atom stereocenters. The molecule has 1 amide bonds. The number of halogens is 1. The molecule has 0 fully saturated rings. The van der Waals surface area contributed by atoms with Crippen LogP contribution in [-0.2, 0) is 17.8 Å². The summed E-state index contributed by atoms with van der Waals surface area (Å²) in [5.74, 6) is 0.872. The van der Waals surface area contributed by atoms with Gasteiger partial charge in [-0.3, -0.25) is 4.90 Å². The van der Waals surface area contributed by atoms with Crippen molar-refractivity contribution < 1.29 is 14.3 Å². The van der Waals surface area contributed by atoms with E-state index in [1.54, 1.807) is 11.8 Å². The minimum Gasteiger partial charge on any atom is -0.494 e. The number of nitrogens with two attached hydrogens (primary N) is 1. The standard InChI is InChI=1S/C17H20BClN4O3/c1-3-25-14-5-9(12(19)6-11(14)18)15-10-7-23(17(24)26-4-2)8-13(10)21-16(20)22-15/h5-6H,3-4,7-8,18H2,1-2H3,(H2,20,21,22). The fourth-order valence-electron chi connectivity index (χ4n) is 2.99. The minimum atomic E-state index is -0.389. The highest BCUT2D eigenvalue weighted by molar-refractivity contribution is 6.39. The fraction of sp³-hybridized carbons (Fsp3) is 0.353. The largest absolute Gasteiger partial charge is 0.494 e. The van der Waals surface area contributed by atoms with Crippen molar-refractivity contribution in [1.82, 2.24) is 14.9 Å². The molecule has 1 aliphatic rings. The molecular weight excluding hydrogens is 354 g/mol. The van der Waals surface area contributed by atoms with Gasteiger partial charge in [0.05, 0.1) is 37.7 Å². The van der Waals surface area contributed by atoms with Crippen molar-refractivity contribution >= 4 is 37.0 Å². The Kier molecular flexibility index (Phi) is 5.22. The zero-order valence-corrected chi connectivity index (χ0v) is 15.8. The second-order valence-corrected chi connectivity index (χ2v) is 6.35. The monoisotopic (exact) mass is 374 g/mol. The maximum Gasteiger partial charge on any atom is 0.410 e. The lowest BCUT2D eigenvalue weighted by atomic mass is 9.92. The first-order valence-electron chi connectivity index (χ1n) is 8.44. The summed E-state index contributed by atoms with van der Waals surface area (Å²) in [6, 6.07) is 3.70. The molecule has 0 bridgehead atoms. The summed E-state index contributed by atoms with van der Waals surface area (Å²) in [4.78, 5) is 22.3. The van der Waals surface area contributed by atoms with Crippen molar-refractivity contribution in [2.45, 2.75) is 26.9 Å². The van der Waals surface area contributed by atoms with E-state index in [1.165, 1.54) is 0 Å². The summed E-state index contributed by atoms with van der Waals surface area (Å²) in [5, 5.41) is 0.542. The third-order valence-electron chi connectivity index (χ3n) is 4.15. The van der Waals surface area contributed by atoms with Crippen LogP contribution in [0.3, 0.4) is 0 Å². The summed E-state index contributed by atoms with van der Waals surface area (Å²) < 4.78 is 10.8. The molecule has 3 rings (SSSR count). The minimum absolute atomic E-state index is 0.138. The predicted octanol–water partition coefficient (Wildman–Crippen LogP) is 1.51. The molecule has 2 heterocycles. The lowest BCUT2D eigenvalue weighted by Gasteiger charge is -2.15. The number of fused-ring (bicyclic) bond motifs is 1. The van der Waals surface area contributed by atoms with E-state index in [0.29, 0.717) is 48.3 Å². The molecule has 0 unspecified atom stereocenters. The topological polar surface area (TPSA) is 90.6 Å². The molecule has 1 aliphatic heterocycles. The van der Waals surface area contributed by atoms with Crippen molar-refractivity contribution in [3.05, 3.63) is 28.4 Å². The van der Waals surface area contributed by atoms with E-state index in [2.05, 4.69) is 9.97 Å². The Labute approximate surface area is 157 Å². The highest BCUT2D eigenvalue weighted by Gasteiger charge is 2.30. The van der Waals surface area contributed by atoms with Crippen molar-refractivity contribution in [2.75, 3.05) is 18.9 Å². The molecule has 26 heavy (non-hydrogen) atoms. The van der Waals surface area contributed by atoms with Gasteiger partial charge in [0.25, 0.3) is 0 Å². The summed E-state index contributed by atoms with van der Waals surface area (Å²) in [6.07, 6.45) is -0.389. The number of nitrogen functional groups attached to an aromatic ring is 1. The normalized spacial score (nSPS) is 12.8. The summed E-state index contributed by atoms with van der Waals surface area (Å²) >= 11 is 6.48. The number of hydrogen-bond donors (Lipinski definition) is 1.